The molecule has 0 fully saturated rings. The molecule has 0 aliphatic carbocycles. The molecule has 1 atom stereocenters. The first-order valence-electron chi connectivity index (χ1n) is 5.91. The van der Waals surface area contributed by atoms with Gasteiger partial charge in [0.25, 0.3) is 0 Å². The second kappa shape index (κ2) is 6.38. The highest BCUT2D eigenvalue weighted by atomic mass is 35.5. The van der Waals surface area contributed by atoms with Crippen LogP contribution in [0.4, 0.5) is 4.39 Å². The minimum atomic E-state index is -0.449. The minimum Gasteiger partial charge on any atom is -0.396 e. The van der Waals surface area contributed by atoms with E-state index in [1.165, 1.54) is 12.1 Å². The molecule has 4 heteroatoms. The number of hydrogen-bond acceptors (Lipinski definition) is 1. The Morgan fingerprint density at radius 3 is 2.42 bits per heavy atom. The lowest BCUT2D eigenvalue weighted by Crippen LogP contribution is -2.08. The molecule has 2 aromatic carbocycles. The van der Waals surface area contributed by atoms with Crippen molar-refractivity contribution < 1.29 is 9.50 Å². The predicted molar refractivity (Wildman–Crippen MR) is 76.4 cm³/mol. The van der Waals surface area contributed by atoms with Crippen molar-refractivity contribution in [2.75, 3.05) is 6.61 Å². The first kappa shape index (κ1) is 14.3. The predicted octanol–water partition coefficient (Wildman–Crippen LogP) is 4.45. The molecule has 0 saturated heterocycles. The van der Waals surface area contributed by atoms with Gasteiger partial charge in [0.05, 0.1) is 11.6 Å². The van der Waals surface area contributed by atoms with Crippen molar-refractivity contribution in [3.8, 4) is 0 Å². The second-order valence-electron chi connectivity index (χ2n) is 4.35. The van der Waals surface area contributed by atoms with Gasteiger partial charge in [0.1, 0.15) is 5.82 Å². The molecule has 0 aliphatic rings. The zero-order valence-corrected chi connectivity index (χ0v) is 11.6. The topological polar surface area (TPSA) is 20.2 Å². The fourth-order valence-corrected chi connectivity index (χ4v) is 2.44. The van der Waals surface area contributed by atoms with Crippen molar-refractivity contribution in [3.63, 3.8) is 0 Å². The van der Waals surface area contributed by atoms with Crippen LogP contribution in [0.3, 0.4) is 0 Å². The highest BCUT2D eigenvalue weighted by molar-refractivity contribution is 6.31. The Morgan fingerprint density at radius 1 is 1.05 bits per heavy atom. The molecule has 1 nitrogen and oxygen atoms in total. The molecular weight excluding hydrogens is 286 g/mol. The van der Waals surface area contributed by atoms with Gasteiger partial charge in [0.15, 0.2) is 0 Å². The van der Waals surface area contributed by atoms with E-state index in [0.29, 0.717) is 11.4 Å². The maximum absolute atomic E-state index is 13.4. The molecule has 1 N–H and O–H groups in total. The van der Waals surface area contributed by atoms with E-state index in [0.717, 1.165) is 11.1 Å². The number of aliphatic hydroxyl groups excluding tert-OH is 1. The van der Waals surface area contributed by atoms with Crippen molar-refractivity contribution in [1.82, 2.24) is 0 Å². The molecule has 0 aromatic heterocycles. The lowest BCUT2D eigenvalue weighted by atomic mass is 9.92. The average Bonchev–Trinajstić information content (AvgIpc) is 2.41. The van der Waals surface area contributed by atoms with E-state index < -0.39 is 5.82 Å². The van der Waals surface area contributed by atoms with Crippen LogP contribution in [-0.4, -0.2) is 11.7 Å². The number of aliphatic hydroxyl groups is 1. The molecule has 0 spiro atoms. The van der Waals surface area contributed by atoms with Gasteiger partial charge in [-0.05, 0) is 35.7 Å². The molecule has 1 unspecified atom stereocenters. The first-order valence-corrected chi connectivity index (χ1v) is 6.66. The molecule has 0 heterocycles. The van der Waals surface area contributed by atoms with Gasteiger partial charge < -0.3 is 5.11 Å². The van der Waals surface area contributed by atoms with Crippen LogP contribution < -0.4 is 0 Å². The quantitative estimate of drug-likeness (QED) is 0.884. The van der Waals surface area contributed by atoms with Gasteiger partial charge in [-0.25, -0.2) is 4.39 Å². The molecule has 19 heavy (non-hydrogen) atoms. The van der Waals surface area contributed by atoms with Gasteiger partial charge in [-0.15, -0.1) is 0 Å². The Bertz CT molecular complexity index is 572. The van der Waals surface area contributed by atoms with Gasteiger partial charge in [0, 0.05) is 10.9 Å². The SMILES string of the molecule is OCC(Cc1ccc(Cl)c(F)c1)c1ccccc1Cl. The van der Waals surface area contributed by atoms with Gasteiger partial charge in [-0.3, -0.25) is 0 Å². The Morgan fingerprint density at radius 2 is 1.79 bits per heavy atom. The number of halogens is 3. The Labute approximate surface area is 121 Å². The van der Waals surface area contributed by atoms with E-state index in [1.54, 1.807) is 12.1 Å². The summed E-state index contributed by atoms with van der Waals surface area (Å²) in [6, 6.07) is 12.0. The summed E-state index contributed by atoms with van der Waals surface area (Å²) in [7, 11) is 0. The van der Waals surface area contributed by atoms with Crippen LogP contribution in [0.15, 0.2) is 42.5 Å². The van der Waals surface area contributed by atoms with Crippen LogP contribution in [0.5, 0.6) is 0 Å². The van der Waals surface area contributed by atoms with Crippen LogP contribution in [0, 0.1) is 5.82 Å². The number of hydrogen-bond donors (Lipinski definition) is 1. The van der Waals surface area contributed by atoms with Crippen LogP contribution in [0.25, 0.3) is 0 Å². The van der Waals surface area contributed by atoms with Crippen LogP contribution >= 0.6 is 23.2 Å². The van der Waals surface area contributed by atoms with E-state index >= 15 is 0 Å². The Hall–Kier alpha value is -1.09. The molecule has 0 radical (unpaired) electrons. The van der Waals surface area contributed by atoms with E-state index in [9.17, 15) is 9.50 Å². The largest absolute Gasteiger partial charge is 0.396 e. The van der Waals surface area contributed by atoms with Gasteiger partial charge in [-0.1, -0.05) is 47.5 Å². The zero-order valence-electron chi connectivity index (χ0n) is 10.1. The van der Waals surface area contributed by atoms with Crippen LogP contribution in [-0.2, 0) is 6.42 Å². The van der Waals surface area contributed by atoms with E-state index in [2.05, 4.69) is 0 Å². The Kier molecular flexibility index (Phi) is 4.81. The zero-order chi connectivity index (χ0) is 13.8. The third-order valence-corrected chi connectivity index (χ3v) is 3.68. The summed E-state index contributed by atoms with van der Waals surface area (Å²) in [5.41, 5.74) is 1.64. The molecule has 0 saturated carbocycles. The number of benzene rings is 2. The summed E-state index contributed by atoms with van der Waals surface area (Å²) in [5, 5.41) is 10.2. The minimum absolute atomic E-state index is 0.0476. The lowest BCUT2D eigenvalue weighted by molar-refractivity contribution is 0.264. The highest BCUT2D eigenvalue weighted by Crippen LogP contribution is 2.28. The smallest absolute Gasteiger partial charge is 0.142 e. The van der Waals surface area contributed by atoms with Gasteiger partial charge in [-0.2, -0.15) is 0 Å². The van der Waals surface area contributed by atoms with Crippen LogP contribution in [0.1, 0.15) is 17.0 Å². The maximum Gasteiger partial charge on any atom is 0.142 e. The molecule has 100 valence electrons. The fourth-order valence-electron chi connectivity index (χ4n) is 2.03. The normalized spacial score (nSPS) is 12.4. The molecule has 2 rings (SSSR count). The lowest BCUT2D eigenvalue weighted by Gasteiger charge is -2.16. The maximum atomic E-state index is 13.4. The molecule has 0 amide bonds. The van der Waals surface area contributed by atoms with Crippen molar-refractivity contribution in [1.29, 1.82) is 0 Å². The van der Waals surface area contributed by atoms with Crippen molar-refractivity contribution >= 4 is 23.2 Å². The average molecular weight is 299 g/mol. The van der Waals surface area contributed by atoms with Crippen LogP contribution in [0.2, 0.25) is 10.0 Å². The third kappa shape index (κ3) is 3.47. The molecular formula is C15H13Cl2FO. The summed E-state index contributed by atoms with van der Waals surface area (Å²) in [6.07, 6.45) is 0.508. The van der Waals surface area contributed by atoms with Crippen molar-refractivity contribution in [2.24, 2.45) is 0 Å². The molecule has 2 aromatic rings. The fraction of sp³-hybridized carbons (Fsp3) is 0.200. The monoisotopic (exact) mass is 298 g/mol. The number of rotatable bonds is 4. The summed E-state index contributed by atoms with van der Waals surface area (Å²) in [4.78, 5) is 0. The summed E-state index contributed by atoms with van der Waals surface area (Å²) in [6.45, 7) is -0.0476. The summed E-state index contributed by atoms with van der Waals surface area (Å²) >= 11 is 11.8. The summed E-state index contributed by atoms with van der Waals surface area (Å²) < 4.78 is 13.4. The Balaban J connectivity index is 2.24. The highest BCUT2D eigenvalue weighted by Gasteiger charge is 2.15. The summed E-state index contributed by atoms with van der Waals surface area (Å²) in [5.74, 6) is -0.607. The third-order valence-electron chi connectivity index (χ3n) is 3.03. The molecule has 0 aliphatic heterocycles. The van der Waals surface area contributed by atoms with E-state index in [1.807, 2.05) is 18.2 Å². The van der Waals surface area contributed by atoms with Crippen molar-refractivity contribution in [3.05, 3.63) is 69.5 Å². The van der Waals surface area contributed by atoms with Gasteiger partial charge >= 0.3 is 0 Å². The second-order valence-corrected chi connectivity index (χ2v) is 5.17. The molecule has 0 bridgehead atoms. The van der Waals surface area contributed by atoms with E-state index in [4.69, 9.17) is 23.2 Å². The van der Waals surface area contributed by atoms with Gasteiger partial charge in [0.2, 0.25) is 0 Å². The standard InChI is InChI=1S/C15H13Cl2FO/c16-13-4-2-1-3-12(13)11(9-19)7-10-5-6-14(17)15(18)8-10/h1-6,8,11,19H,7,9H2. The first-order chi connectivity index (χ1) is 9.11. The van der Waals surface area contributed by atoms with Crippen molar-refractivity contribution in [2.45, 2.75) is 12.3 Å². The van der Waals surface area contributed by atoms with E-state index in [-0.39, 0.29) is 17.5 Å².